The first-order valence-electron chi connectivity index (χ1n) is 7.22. The molecule has 2 rings (SSSR count). The van der Waals surface area contributed by atoms with Gasteiger partial charge in [-0.25, -0.2) is 0 Å². The maximum atomic E-state index is 12.2. The molecule has 0 radical (unpaired) electrons. The molecule has 2 aromatic carbocycles. The van der Waals surface area contributed by atoms with Crippen LogP contribution in [-0.4, -0.2) is 24.8 Å². The number of hydrogen-bond acceptors (Lipinski definition) is 6. The van der Waals surface area contributed by atoms with Gasteiger partial charge < -0.3 is 15.8 Å². The summed E-state index contributed by atoms with van der Waals surface area (Å²) >= 11 is 0. The van der Waals surface area contributed by atoms with Gasteiger partial charge in [-0.2, -0.15) is 10.2 Å². The predicted molar refractivity (Wildman–Crippen MR) is 91.5 cm³/mol. The van der Waals surface area contributed by atoms with Crippen molar-refractivity contribution in [3.05, 3.63) is 48.5 Å². The molecule has 124 valence electrons. The zero-order chi connectivity index (χ0) is 17.5. The number of Topliss-reactive ketones (excluding diaryl/α,β-unsaturated/α-hetero) is 1. The Balaban J connectivity index is 2.16. The molecular formula is C17H18N4O3. The van der Waals surface area contributed by atoms with Crippen LogP contribution in [0.15, 0.2) is 58.8 Å². The minimum atomic E-state index is -1.24. The molecule has 1 atom stereocenters. The molecule has 3 N–H and O–H groups in total. The monoisotopic (exact) mass is 326 g/mol. The number of ether oxygens (including phenoxy) is 1. The van der Waals surface area contributed by atoms with E-state index in [4.69, 9.17) is 10.5 Å². The van der Waals surface area contributed by atoms with E-state index < -0.39 is 17.7 Å². The number of nitrogens with two attached hydrogens (primary N) is 1. The molecule has 7 heteroatoms. The van der Waals surface area contributed by atoms with Crippen molar-refractivity contribution in [3.63, 3.8) is 0 Å². The number of azo groups is 1. The summed E-state index contributed by atoms with van der Waals surface area (Å²) in [5.74, 6) is -0.389. The Bertz CT molecular complexity index is 760. The second-order valence-electron chi connectivity index (χ2n) is 5.01. The fourth-order valence-corrected chi connectivity index (χ4v) is 1.92. The van der Waals surface area contributed by atoms with E-state index in [0.29, 0.717) is 22.8 Å². The predicted octanol–water partition coefficient (Wildman–Crippen LogP) is 2.96. The SMILES string of the molecule is COc1ccc(N=NC(C(C)=O)C(=O)Nc2ccccc2)c(N)c1. The summed E-state index contributed by atoms with van der Waals surface area (Å²) in [6, 6.07) is 12.4. The Hall–Kier alpha value is -3.22. The van der Waals surface area contributed by atoms with Gasteiger partial charge in [-0.3, -0.25) is 9.59 Å². The fourth-order valence-electron chi connectivity index (χ4n) is 1.92. The molecule has 0 spiro atoms. The Labute approximate surface area is 139 Å². The third-order valence-electron chi connectivity index (χ3n) is 3.19. The van der Waals surface area contributed by atoms with Gasteiger partial charge in [-0.1, -0.05) is 18.2 Å². The Morgan fingerprint density at radius 2 is 1.88 bits per heavy atom. The number of nitrogen functional groups attached to an aromatic ring is 1. The van der Waals surface area contributed by atoms with Crippen molar-refractivity contribution in [1.29, 1.82) is 0 Å². The zero-order valence-electron chi connectivity index (χ0n) is 13.4. The molecule has 0 aromatic heterocycles. The van der Waals surface area contributed by atoms with Gasteiger partial charge in [0.2, 0.25) is 6.04 Å². The molecule has 2 aromatic rings. The van der Waals surface area contributed by atoms with Crippen LogP contribution in [0.1, 0.15) is 6.92 Å². The number of methoxy groups -OCH3 is 1. The number of rotatable bonds is 6. The summed E-state index contributed by atoms with van der Waals surface area (Å²) in [7, 11) is 1.52. The lowest BCUT2D eigenvalue weighted by Crippen LogP contribution is -2.31. The second kappa shape index (κ2) is 7.87. The van der Waals surface area contributed by atoms with Gasteiger partial charge in [-0.15, -0.1) is 0 Å². The van der Waals surface area contributed by atoms with Crippen LogP contribution in [0.5, 0.6) is 5.75 Å². The van der Waals surface area contributed by atoms with Gasteiger partial charge in [0.1, 0.15) is 11.4 Å². The summed E-state index contributed by atoms with van der Waals surface area (Å²) in [6.45, 7) is 1.28. The lowest BCUT2D eigenvalue weighted by molar-refractivity contribution is -0.126. The highest BCUT2D eigenvalue weighted by atomic mass is 16.5. The van der Waals surface area contributed by atoms with E-state index in [0.717, 1.165) is 0 Å². The van der Waals surface area contributed by atoms with Crippen LogP contribution in [0.3, 0.4) is 0 Å². The van der Waals surface area contributed by atoms with Crippen LogP contribution in [0.4, 0.5) is 17.1 Å². The molecule has 0 aliphatic carbocycles. The zero-order valence-corrected chi connectivity index (χ0v) is 13.4. The molecule has 0 fully saturated rings. The van der Waals surface area contributed by atoms with Crippen molar-refractivity contribution in [3.8, 4) is 5.75 Å². The summed E-state index contributed by atoms with van der Waals surface area (Å²) in [6.07, 6.45) is 0. The first-order chi connectivity index (χ1) is 11.5. The Morgan fingerprint density at radius 1 is 1.17 bits per heavy atom. The van der Waals surface area contributed by atoms with Crippen LogP contribution in [0.25, 0.3) is 0 Å². The standard InChI is InChI=1S/C17H18N4O3/c1-11(22)16(17(23)19-12-6-4-3-5-7-12)21-20-15-9-8-13(24-2)10-14(15)18/h3-10,16H,18H2,1-2H3,(H,19,23). The van der Waals surface area contributed by atoms with Crippen molar-refractivity contribution in [2.24, 2.45) is 10.2 Å². The van der Waals surface area contributed by atoms with Crippen molar-refractivity contribution in [1.82, 2.24) is 0 Å². The van der Waals surface area contributed by atoms with Crippen LogP contribution >= 0.6 is 0 Å². The normalized spacial score (nSPS) is 11.9. The molecule has 0 aliphatic heterocycles. The number of nitrogens with one attached hydrogen (secondary N) is 1. The minimum Gasteiger partial charge on any atom is -0.497 e. The highest BCUT2D eigenvalue weighted by Gasteiger charge is 2.23. The molecule has 1 amide bonds. The molecule has 7 nitrogen and oxygen atoms in total. The van der Waals surface area contributed by atoms with Crippen LogP contribution in [0, 0.1) is 0 Å². The summed E-state index contributed by atoms with van der Waals surface area (Å²) < 4.78 is 5.05. The molecule has 0 saturated heterocycles. The first-order valence-corrected chi connectivity index (χ1v) is 7.22. The number of carbonyl (C=O) groups excluding carboxylic acids is 2. The van der Waals surface area contributed by atoms with Gasteiger partial charge >= 0.3 is 0 Å². The third-order valence-corrected chi connectivity index (χ3v) is 3.19. The van der Waals surface area contributed by atoms with E-state index in [1.54, 1.807) is 42.5 Å². The number of ketones is 1. The smallest absolute Gasteiger partial charge is 0.258 e. The highest BCUT2D eigenvalue weighted by molar-refractivity contribution is 6.10. The summed E-state index contributed by atoms with van der Waals surface area (Å²) in [4.78, 5) is 23.9. The molecular weight excluding hydrogens is 308 g/mol. The number of nitrogens with zero attached hydrogens (tertiary/aromatic N) is 2. The molecule has 0 bridgehead atoms. The number of benzene rings is 2. The van der Waals surface area contributed by atoms with E-state index in [1.807, 2.05) is 6.07 Å². The molecule has 1 unspecified atom stereocenters. The number of anilines is 2. The number of hydrogen-bond donors (Lipinski definition) is 2. The van der Waals surface area contributed by atoms with E-state index >= 15 is 0 Å². The van der Waals surface area contributed by atoms with Gasteiger partial charge in [-0.05, 0) is 31.2 Å². The summed E-state index contributed by atoms with van der Waals surface area (Å²) in [5.41, 5.74) is 7.11. The molecule has 0 saturated carbocycles. The van der Waals surface area contributed by atoms with Crippen LogP contribution < -0.4 is 15.8 Å². The number of para-hydroxylation sites is 1. The van der Waals surface area contributed by atoms with Gasteiger partial charge in [0.05, 0.1) is 12.8 Å². The minimum absolute atomic E-state index is 0.337. The maximum absolute atomic E-state index is 12.2. The van der Waals surface area contributed by atoms with Crippen molar-refractivity contribution in [2.75, 3.05) is 18.2 Å². The Morgan fingerprint density at radius 3 is 2.46 bits per heavy atom. The second-order valence-corrected chi connectivity index (χ2v) is 5.01. The van der Waals surface area contributed by atoms with Crippen molar-refractivity contribution < 1.29 is 14.3 Å². The van der Waals surface area contributed by atoms with E-state index in [-0.39, 0.29) is 0 Å². The topological polar surface area (TPSA) is 106 Å². The van der Waals surface area contributed by atoms with E-state index in [1.165, 1.54) is 14.0 Å². The van der Waals surface area contributed by atoms with Gasteiger partial charge in [0.15, 0.2) is 5.78 Å². The fraction of sp³-hybridized carbons (Fsp3) is 0.176. The van der Waals surface area contributed by atoms with Gasteiger partial charge in [0.25, 0.3) is 5.91 Å². The molecule has 24 heavy (non-hydrogen) atoms. The Kier molecular flexibility index (Phi) is 5.62. The van der Waals surface area contributed by atoms with E-state index in [9.17, 15) is 9.59 Å². The lowest BCUT2D eigenvalue weighted by Gasteiger charge is -2.09. The average Bonchev–Trinajstić information content (AvgIpc) is 2.56. The summed E-state index contributed by atoms with van der Waals surface area (Å²) in [5, 5.41) is 10.4. The lowest BCUT2D eigenvalue weighted by atomic mass is 10.2. The van der Waals surface area contributed by atoms with Gasteiger partial charge in [0, 0.05) is 11.8 Å². The maximum Gasteiger partial charge on any atom is 0.258 e. The first kappa shape index (κ1) is 17.1. The number of amides is 1. The van der Waals surface area contributed by atoms with Crippen LogP contribution in [0.2, 0.25) is 0 Å². The largest absolute Gasteiger partial charge is 0.497 e. The molecule has 0 heterocycles. The van der Waals surface area contributed by atoms with Crippen LogP contribution in [-0.2, 0) is 9.59 Å². The van der Waals surface area contributed by atoms with E-state index in [2.05, 4.69) is 15.5 Å². The quantitative estimate of drug-likeness (QED) is 0.483. The molecule has 0 aliphatic rings. The number of carbonyl (C=O) groups is 2. The average molecular weight is 326 g/mol. The third kappa shape index (κ3) is 4.39. The van der Waals surface area contributed by atoms with Crippen molar-refractivity contribution in [2.45, 2.75) is 13.0 Å². The van der Waals surface area contributed by atoms with Crippen molar-refractivity contribution >= 4 is 28.8 Å². The highest BCUT2D eigenvalue weighted by Crippen LogP contribution is 2.27.